The van der Waals surface area contributed by atoms with Crippen LogP contribution in [0.5, 0.6) is 0 Å². The van der Waals surface area contributed by atoms with Crippen LogP contribution in [-0.2, 0) is 14.6 Å². The minimum Gasteiger partial charge on any atom is -0.349 e. The van der Waals surface area contributed by atoms with Gasteiger partial charge in [0.25, 0.3) is 0 Å². The number of hydrogen-bond acceptors (Lipinski definition) is 4. The highest BCUT2D eigenvalue weighted by atomic mass is 32.2. The van der Waals surface area contributed by atoms with Gasteiger partial charge in [0.05, 0.1) is 6.04 Å². The third-order valence-corrected chi connectivity index (χ3v) is 3.21. The summed E-state index contributed by atoms with van der Waals surface area (Å²) in [4.78, 5) is 11.9. The highest BCUT2D eigenvalue weighted by Gasteiger charge is 2.16. The van der Waals surface area contributed by atoms with E-state index in [1.165, 1.54) is 0 Å². The SMILES string of the molecule is CCC[C@@H](/C=C/S(C)(=O)=O)NC(=O)C(CC)NC. The summed E-state index contributed by atoms with van der Waals surface area (Å²) in [6.07, 6.45) is 4.96. The Morgan fingerprint density at radius 1 is 1.33 bits per heavy atom. The molecule has 0 rings (SSSR count). The van der Waals surface area contributed by atoms with Gasteiger partial charge in [0.1, 0.15) is 0 Å². The second kappa shape index (κ2) is 8.26. The van der Waals surface area contributed by atoms with Crippen molar-refractivity contribution in [3.63, 3.8) is 0 Å². The molecule has 0 aliphatic rings. The minimum absolute atomic E-state index is 0.100. The summed E-state index contributed by atoms with van der Waals surface area (Å²) in [6, 6.07) is -0.476. The summed E-state index contributed by atoms with van der Waals surface area (Å²) in [7, 11) is -1.42. The lowest BCUT2D eigenvalue weighted by Crippen LogP contribution is -2.45. The van der Waals surface area contributed by atoms with Crippen LogP contribution in [-0.4, -0.2) is 39.7 Å². The second-order valence-electron chi connectivity index (χ2n) is 4.31. The summed E-state index contributed by atoms with van der Waals surface area (Å²) in [6.45, 7) is 3.91. The minimum atomic E-state index is -3.15. The van der Waals surface area contributed by atoms with Crippen molar-refractivity contribution < 1.29 is 13.2 Å². The molecule has 0 saturated heterocycles. The molecule has 0 saturated carbocycles. The highest BCUT2D eigenvalue weighted by molar-refractivity contribution is 7.93. The van der Waals surface area contributed by atoms with Crippen molar-refractivity contribution in [3.05, 3.63) is 11.5 Å². The molecular weight excluding hydrogens is 252 g/mol. The van der Waals surface area contributed by atoms with E-state index in [1.807, 2.05) is 13.8 Å². The molecular formula is C12H24N2O3S. The lowest BCUT2D eigenvalue weighted by molar-refractivity contribution is -0.123. The zero-order valence-electron chi connectivity index (χ0n) is 11.6. The zero-order chi connectivity index (χ0) is 14.2. The van der Waals surface area contributed by atoms with E-state index in [4.69, 9.17) is 0 Å². The molecule has 2 atom stereocenters. The maximum Gasteiger partial charge on any atom is 0.237 e. The van der Waals surface area contributed by atoms with Crippen molar-refractivity contribution in [1.29, 1.82) is 0 Å². The molecule has 18 heavy (non-hydrogen) atoms. The number of hydrogen-bond donors (Lipinski definition) is 2. The summed E-state index contributed by atoms with van der Waals surface area (Å²) in [5, 5.41) is 6.90. The normalized spacial score (nSPS) is 15.6. The van der Waals surface area contributed by atoms with Gasteiger partial charge in [-0.25, -0.2) is 8.42 Å². The van der Waals surface area contributed by atoms with Crippen molar-refractivity contribution in [3.8, 4) is 0 Å². The van der Waals surface area contributed by atoms with Crippen LogP contribution in [0.3, 0.4) is 0 Å². The van der Waals surface area contributed by atoms with Crippen LogP contribution in [0.15, 0.2) is 11.5 Å². The first-order chi connectivity index (χ1) is 8.34. The topological polar surface area (TPSA) is 75.3 Å². The molecule has 0 radical (unpaired) electrons. The van der Waals surface area contributed by atoms with Crippen molar-refractivity contribution in [2.24, 2.45) is 0 Å². The Bertz CT molecular complexity index is 373. The third-order valence-electron chi connectivity index (χ3n) is 2.56. The van der Waals surface area contributed by atoms with Gasteiger partial charge in [-0.15, -0.1) is 0 Å². The number of likely N-dealkylation sites (N-methyl/N-ethyl adjacent to an activating group) is 1. The third kappa shape index (κ3) is 7.45. The Morgan fingerprint density at radius 2 is 1.94 bits per heavy atom. The molecule has 0 aromatic carbocycles. The largest absolute Gasteiger partial charge is 0.349 e. The number of sulfone groups is 1. The van der Waals surface area contributed by atoms with Gasteiger partial charge >= 0.3 is 0 Å². The maximum absolute atomic E-state index is 11.9. The maximum atomic E-state index is 11.9. The predicted octanol–water partition coefficient (Wildman–Crippen LogP) is 0.828. The number of rotatable bonds is 8. The fourth-order valence-electron chi connectivity index (χ4n) is 1.57. The van der Waals surface area contributed by atoms with Crippen LogP contribution in [0.25, 0.3) is 0 Å². The number of carbonyl (C=O) groups excluding carboxylic acids is 1. The van der Waals surface area contributed by atoms with Crippen molar-refractivity contribution in [2.75, 3.05) is 13.3 Å². The van der Waals surface area contributed by atoms with E-state index >= 15 is 0 Å². The smallest absolute Gasteiger partial charge is 0.237 e. The highest BCUT2D eigenvalue weighted by Crippen LogP contribution is 2.02. The monoisotopic (exact) mass is 276 g/mol. The van der Waals surface area contributed by atoms with E-state index in [0.717, 1.165) is 24.5 Å². The number of nitrogens with one attached hydrogen (secondary N) is 2. The Balaban J connectivity index is 4.63. The number of amides is 1. The van der Waals surface area contributed by atoms with E-state index in [9.17, 15) is 13.2 Å². The van der Waals surface area contributed by atoms with Crippen LogP contribution in [0, 0.1) is 0 Å². The quantitative estimate of drug-likeness (QED) is 0.688. The molecule has 0 spiro atoms. The molecule has 0 aromatic heterocycles. The van der Waals surface area contributed by atoms with Crippen molar-refractivity contribution in [2.45, 2.75) is 45.2 Å². The van der Waals surface area contributed by atoms with Gasteiger partial charge in [0.2, 0.25) is 5.91 Å². The lowest BCUT2D eigenvalue weighted by atomic mass is 10.1. The van der Waals surface area contributed by atoms with E-state index in [2.05, 4.69) is 10.6 Å². The van der Waals surface area contributed by atoms with Gasteiger partial charge in [-0.3, -0.25) is 4.79 Å². The number of carbonyl (C=O) groups is 1. The summed E-state index contributed by atoms with van der Waals surface area (Å²) in [5.74, 6) is -0.100. The van der Waals surface area contributed by atoms with Gasteiger partial charge in [-0.2, -0.15) is 0 Å². The molecule has 0 bridgehead atoms. The van der Waals surface area contributed by atoms with Gasteiger partial charge in [-0.05, 0) is 19.9 Å². The van der Waals surface area contributed by atoms with Crippen molar-refractivity contribution in [1.82, 2.24) is 10.6 Å². The fourth-order valence-corrected chi connectivity index (χ4v) is 2.04. The van der Waals surface area contributed by atoms with Crippen LogP contribution < -0.4 is 10.6 Å². The molecule has 0 heterocycles. The van der Waals surface area contributed by atoms with Crippen LogP contribution in [0.4, 0.5) is 0 Å². The summed E-state index contributed by atoms with van der Waals surface area (Å²) < 4.78 is 22.1. The Kier molecular flexibility index (Phi) is 7.86. The van der Waals surface area contributed by atoms with E-state index in [0.29, 0.717) is 6.42 Å². The predicted molar refractivity (Wildman–Crippen MR) is 74.0 cm³/mol. The van der Waals surface area contributed by atoms with Gasteiger partial charge in [-0.1, -0.05) is 26.3 Å². The Labute approximate surface area is 110 Å². The first-order valence-electron chi connectivity index (χ1n) is 6.19. The molecule has 106 valence electrons. The van der Waals surface area contributed by atoms with E-state index in [1.54, 1.807) is 13.1 Å². The first kappa shape index (κ1) is 17.1. The van der Waals surface area contributed by atoms with Crippen molar-refractivity contribution >= 4 is 15.7 Å². The van der Waals surface area contributed by atoms with Gasteiger partial charge in [0.15, 0.2) is 9.84 Å². The first-order valence-corrected chi connectivity index (χ1v) is 8.15. The summed E-state index contributed by atoms with van der Waals surface area (Å²) in [5.41, 5.74) is 0. The zero-order valence-corrected chi connectivity index (χ0v) is 12.4. The average molecular weight is 276 g/mol. The average Bonchev–Trinajstić information content (AvgIpc) is 2.27. The van der Waals surface area contributed by atoms with Crippen LogP contribution >= 0.6 is 0 Å². The lowest BCUT2D eigenvalue weighted by Gasteiger charge is -2.19. The van der Waals surface area contributed by atoms with Gasteiger partial charge in [0, 0.05) is 17.7 Å². The molecule has 0 aromatic rings. The molecule has 2 N–H and O–H groups in total. The Hall–Kier alpha value is -0.880. The molecule has 0 fully saturated rings. The molecule has 6 heteroatoms. The van der Waals surface area contributed by atoms with Crippen LogP contribution in [0.2, 0.25) is 0 Å². The van der Waals surface area contributed by atoms with E-state index < -0.39 is 9.84 Å². The van der Waals surface area contributed by atoms with E-state index in [-0.39, 0.29) is 18.0 Å². The van der Waals surface area contributed by atoms with Gasteiger partial charge < -0.3 is 10.6 Å². The fraction of sp³-hybridized carbons (Fsp3) is 0.750. The standard InChI is InChI=1S/C12H24N2O3S/c1-5-7-10(8-9-18(4,16)17)14-12(15)11(6-2)13-3/h8-11,13H,5-7H2,1-4H3,(H,14,15)/b9-8+/t10-,11?/m0/s1. The molecule has 1 amide bonds. The Morgan fingerprint density at radius 3 is 2.33 bits per heavy atom. The van der Waals surface area contributed by atoms with Crippen LogP contribution in [0.1, 0.15) is 33.1 Å². The molecule has 1 unspecified atom stereocenters. The second-order valence-corrected chi connectivity index (χ2v) is 6.24. The molecule has 5 nitrogen and oxygen atoms in total. The molecule has 0 aliphatic carbocycles. The molecule has 0 aliphatic heterocycles. The summed E-state index contributed by atoms with van der Waals surface area (Å²) >= 11 is 0.